The summed E-state index contributed by atoms with van der Waals surface area (Å²) >= 11 is 0. The van der Waals surface area contributed by atoms with Gasteiger partial charge in [0.05, 0.1) is 17.0 Å². The van der Waals surface area contributed by atoms with E-state index in [4.69, 9.17) is 0 Å². The third-order valence-electron chi connectivity index (χ3n) is 6.62. The van der Waals surface area contributed by atoms with E-state index in [1.54, 1.807) is 20.0 Å². The van der Waals surface area contributed by atoms with Crippen molar-refractivity contribution >= 4 is 34.5 Å². The van der Waals surface area contributed by atoms with Gasteiger partial charge in [0.1, 0.15) is 17.8 Å². The molecule has 3 N–H and O–H groups in total. The highest BCUT2D eigenvalue weighted by molar-refractivity contribution is 5.89. The Bertz CT molecular complexity index is 1460. The lowest BCUT2D eigenvalue weighted by atomic mass is 9.91. The van der Waals surface area contributed by atoms with Gasteiger partial charge in [-0.1, -0.05) is 0 Å². The number of rotatable bonds is 5. The number of aromatic nitrogens is 3. The SMILES string of the molecule is CC(=O)Nc1cc([C@@H](C)Nc2ncnc3c2cc(C2CCCN(C(=O)O)C2)c(=O)n3C)cc(C(F)(F)F)c1. The molecule has 0 aliphatic carbocycles. The first kappa shape index (κ1) is 26.9. The number of aryl methyl sites for hydroxylation is 1. The van der Waals surface area contributed by atoms with E-state index in [1.165, 1.54) is 28.8 Å². The van der Waals surface area contributed by atoms with Crippen LogP contribution in [-0.4, -0.2) is 49.6 Å². The summed E-state index contributed by atoms with van der Waals surface area (Å²) in [5.41, 5.74) is -0.214. The number of fused-ring (bicyclic) bond motifs is 1. The van der Waals surface area contributed by atoms with Crippen LogP contribution in [0.15, 0.2) is 35.4 Å². The first-order valence-corrected chi connectivity index (χ1v) is 11.9. The van der Waals surface area contributed by atoms with Crippen LogP contribution in [0.1, 0.15) is 55.3 Å². The van der Waals surface area contributed by atoms with Crippen molar-refractivity contribution in [2.75, 3.05) is 23.7 Å². The minimum atomic E-state index is -4.62. The molecule has 1 unspecified atom stereocenters. The molecule has 2 amide bonds. The summed E-state index contributed by atoms with van der Waals surface area (Å²) in [5, 5.41) is 15.4. The molecule has 0 radical (unpaired) electrons. The molecular formula is C25H27F3N6O4. The smallest absolute Gasteiger partial charge is 0.416 e. The lowest BCUT2D eigenvalue weighted by molar-refractivity contribution is -0.137. The Labute approximate surface area is 215 Å². The quantitative estimate of drug-likeness (QED) is 0.446. The number of likely N-dealkylation sites (tertiary alicyclic amines) is 1. The van der Waals surface area contributed by atoms with Crippen LogP contribution in [0.2, 0.25) is 0 Å². The van der Waals surface area contributed by atoms with Crippen molar-refractivity contribution < 1.29 is 27.9 Å². The van der Waals surface area contributed by atoms with Crippen LogP contribution in [0.3, 0.4) is 0 Å². The van der Waals surface area contributed by atoms with Crippen molar-refractivity contribution in [3.63, 3.8) is 0 Å². The summed E-state index contributed by atoms with van der Waals surface area (Å²) in [6.07, 6.45) is -3.18. The number of halogens is 3. The average Bonchev–Trinajstić information content (AvgIpc) is 2.85. The predicted octanol–water partition coefficient (Wildman–Crippen LogP) is 4.34. The van der Waals surface area contributed by atoms with Crippen molar-refractivity contribution in [3.8, 4) is 0 Å². The number of hydrogen-bond donors (Lipinski definition) is 3. The average molecular weight is 533 g/mol. The number of pyridine rings is 1. The third-order valence-corrected chi connectivity index (χ3v) is 6.62. The zero-order chi connectivity index (χ0) is 27.8. The number of benzene rings is 1. The van der Waals surface area contributed by atoms with Crippen LogP contribution in [-0.2, 0) is 18.0 Å². The molecule has 10 nitrogen and oxygen atoms in total. The minimum absolute atomic E-state index is 0.00786. The van der Waals surface area contributed by atoms with Gasteiger partial charge in [-0.15, -0.1) is 0 Å². The molecule has 38 heavy (non-hydrogen) atoms. The van der Waals surface area contributed by atoms with Crippen LogP contribution in [0.5, 0.6) is 0 Å². The molecular weight excluding hydrogens is 505 g/mol. The van der Waals surface area contributed by atoms with Crippen LogP contribution in [0, 0.1) is 0 Å². The molecule has 1 aromatic carbocycles. The van der Waals surface area contributed by atoms with Gasteiger partial charge < -0.3 is 20.6 Å². The number of hydrogen-bond acceptors (Lipinski definition) is 6. The Morgan fingerprint density at radius 3 is 2.58 bits per heavy atom. The van der Waals surface area contributed by atoms with E-state index in [1.807, 2.05) is 0 Å². The Morgan fingerprint density at radius 1 is 1.18 bits per heavy atom. The second-order valence-corrected chi connectivity index (χ2v) is 9.38. The summed E-state index contributed by atoms with van der Waals surface area (Å²) in [6.45, 7) is 3.43. The van der Waals surface area contributed by atoms with Gasteiger partial charge in [-0.2, -0.15) is 13.2 Å². The molecule has 3 heterocycles. The van der Waals surface area contributed by atoms with Crippen molar-refractivity contribution in [2.24, 2.45) is 7.05 Å². The topological polar surface area (TPSA) is 129 Å². The minimum Gasteiger partial charge on any atom is -0.465 e. The van der Waals surface area contributed by atoms with E-state index in [-0.39, 0.29) is 29.3 Å². The number of piperidine rings is 1. The highest BCUT2D eigenvalue weighted by atomic mass is 19.4. The van der Waals surface area contributed by atoms with Gasteiger partial charge in [-0.3, -0.25) is 14.2 Å². The fourth-order valence-corrected chi connectivity index (χ4v) is 4.73. The van der Waals surface area contributed by atoms with Gasteiger partial charge in [0.15, 0.2) is 0 Å². The standard InChI is InChI=1S/C25H27F3N6O4/c1-13(16-7-17(25(26,27)28)9-18(8-16)32-14(2)35)31-21-20-10-19(15-5-4-6-34(11-15)24(37)38)23(36)33(3)22(20)30-12-29-21/h7-10,12-13,15H,4-6,11H2,1-3H3,(H,32,35)(H,37,38)(H,29,30,31)/t13-,15?/m1/s1. The number of anilines is 2. The second-order valence-electron chi connectivity index (χ2n) is 9.38. The zero-order valence-corrected chi connectivity index (χ0v) is 21.0. The largest absolute Gasteiger partial charge is 0.465 e. The monoisotopic (exact) mass is 532 g/mol. The molecule has 1 fully saturated rings. The Balaban J connectivity index is 1.74. The number of carboxylic acid groups (broad SMARTS) is 1. The van der Waals surface area contributed by atoms with Gasteiger partial charge in [-0.05, 0) is 49.6 Å². The molecule has 0 saturated carbocycles. The molecule has 2 aromatic heterocycles. The van der Waals surface area contributed by atoms with Crippen molar-refractivity contribution in [1.82, 2.24) is 19.4 Å². The van der Waals surface area contributed by atoms with Gasteiger partial charge >= 0.3 is 12.3 Å². The lowest BCUT2D eigenvalue weighted by Gasteiger charge is -2.31. The van der Waals surface area contributed by atoms with E-state index >= 15 is 0 Å². The number of alkyl halides is 3. The van der Waals surface area contributed by atoms with E-state index in [9.17, 15) is 32.7 Å². The van der Waals surface area contributed by atoms with Gasteiger partial charge in [0, 0.05) is 44.2 Å². The van der Waals surface area contributed by atoms with Gasteiger partial charge in [-0.25, -0.2) is 14.8 Å². The van der Waals surface area contributed by atoms with Crippen molar-refractivity contribution in [1.29, 1.82) is 0 Å². The molecule has 13 heteroatoms. The first-order valence-electron chi connectivity index (χ1n) is 11.9. The Morgan fingerprint density at radius 2 is 1.92 bits per heavy atom. The molecule has 4 rings (SSSR count). The molecule has 1 saturated heterocycles. The van der Waals surface area contributed by atoms with Crippen LogP contribution < -0.4 is 16.2 Å². The normalized spacial score (nSPS) is 16.8. The molecule has 3 aromatic rings. The van der Waals surface area contributed by atoms with E-state index in [0.717, 1.165) is 12.1 Å². The number of amides is 2. The maximum absolute atomic E-state index is 13.5. The molecule has 0 spiro atoms. The molecule has 2 atom stereocenters. The third kappa shape index (κ3) is 5.55. The predicted molar refractivity (Wildman–Crippen MR) is 134 cm³/mol. The number of carbonyl (C=O) groups excluding carboxylic acids is 1. The van der Waals surface area contributed by atoms with E-state index in [2.05, 4.69) is 20.6 Å². The van der Waals surface area contributed by atoms with Gasteiger partial charge in [0.25, 0.3) is 5.56 Å². The summed E-state index contributed by atoms with van der Waals surface area (Å²) in [4.78, 5) is 45.9. The van der Waals surface area contributed by atoms with Gasteiger partial charge in [0.2, 0.25) is 5.91 Å². The van der Waals surface area contributed by atoms with Crippen LogP contribution >= 0.6 is 0 Å². The summed E-state index contributed by atoms with van der Waals surface area (Å²) < 4.78 is 42.0. The maximum atomic E-state index is 13.5. The maximum Gasteiger partial charge on any atom is 0.416 e. The summed E-state index contributed by atoms with van der Waals surface area (Å²) in [5.74, 6) is -0.531. The summed E-state index contributed by atoms with van der Waals surface area (Å²) in [6, 6.07) is 4.26. The van der Waals surface area contributed by atoms with Crippen LogP contribution in [0.4, 0.5) is 29.5 Å². The van der Waals surface area contributed by atoms with E-state index < -0.39 is 29.8 Å². The summed E-state index contributed by atoms with van der Waals surface area (Å²) in [7, 11) is 1.55. The fraction of sp³-hybridized carbons (Fsp3) is 0.400. The molecule has 1 aliphatic heterocycles. The number of carbonyl (C=O) groups is 2. The molecule has 1 aliphatic rings. The fourth-order valence-electron chi connectivity index (χ4n) is 4.73. The lowest BCUT2D eigenvalue weighted by Crippen LogP contribution is -2.40. The zero-order valence-electron chi connectivity index (χ0n) is 21.0. The Hall–Kier alpha value is -4.16. The highest BCUT2D eigenvalue weighted by Gasteiger charge is 2.32. The number of nitrogens with one attached hydrogen (secondary N) is 2. The van der Waals surface area contributed by atoms with Crippen molar-refractivity contribution in [2.45, 2.75) is 44.8 Å². The second kappa shape index (κ2) is 10.3. The highest BCUT2D eigenvalue weighted by Crippen LogP contribution is 2.35. The van der Waals surface area contributed by atoms with Crippen LogP contribution in [0.25, 0.3) is 11.0 Å². The molecule has 0 bridgehead atoms. The van der Waals surface area contributed by atoms with Crippen molar-refractivity contribution in [3.05, 3.63) is 57.6 Å². The van der Waals surface area contributed by atoms with E-state index in [0.29, 0.717) is 41.8 Å². The Kier molecular flexibility index (Phi) is 7.29. The number of nitrogens with zero attached hydrogens (tertiary/aromatic N) is 4. The first-order chi connectivity index (χ1) is 17.8. The molecule has 202 valence electrons.